The van der Waals surface area contributed by atoms with Crippen LogP contribution in [0.3, 0.4) is 0 Å². The SMILES string of the molecule is O=C(NC1CC1)c1cc(-c2ccco2)n([C@H]2CCS(=O)(=O)C2)n1. The van der Waals surface area contributed by atoms with E-state index in [9.17, 15) is 13.2 Å². The first-order chi connectivity index (χ1) is 11.0. The van der Waals surface area contributed by atoms with E-state index in [1.54, 1.807) is 29.1 Å². The summed E-state index contributed by atoms with van der Waals surface area (Å²) >= 11 is 0. The summed E-state index contributed by atoms with van der Waals surface area (Å²) in [5, 5.41) is 7.27. The Hall–Kier alpha value is -2.09. The molecule has 0 radical (unpaired) electrons. The van der Waals surface area contributed by atoms with Crippen molar-refractivity contribution in [1.82, 2.24) is 15.1 Å². The van der Waals surface area contributed by atoms with Crippen LogP contribution >= 0.6 is 0 Å². The molecule has 1 N–H and O–H groups in total. The molecule has 2 aromatic rings. The zero-order chi connectivity index (χ0) is 16.0. The van der Waals surface area contributed by atoms with E-state index in [2.05, 4.69) is 10.4 Å². The zero-order valence-electron chi connectivity index (χ0n) is 12.4. The van der Waals surface area contributed by atoms with Crippen LogP contribution in [-0.2, 0) is 9.84 Å². The molecule has 1 saturated heterocycles. The molecule has 0 aromatic carbocycles. The van der Waals surface area contributed by atoms with Crippen molar-refractivity contribution in [2.75, 3.05) is 11.5 Å². The number of sulfone groups is 1. The monoisotopic (exact) mass is 335 g/mol. The van der Waals surface area contributed by atoms with Gasteiger partial charge in [0.05, 0.1) is 23.8 Å². The van der Waals surface area contributed by atoms with Crippen molar-refractivity contribution in [1.29, 1.82) is 0 Å². The van der Waals surface area contributed by atoms with Crippen LogP contribution in [0.5, 0.6) is 0 Å². The standard InChI is InChI=1S/C15H17N3O4S/c19-15(16-10-3-4-10)12-8-13(14-2-1-6-22-14)18(17-12)11-5-7-23(20,21)9-11/h1-2,6,8,10-11H,3-5,7,9H2,(H,16,19)/t11-/m0/s1. The first-order valence-electron chi connectivity index (χ1n) is 7.66. The van der Waals surface area contributed by atoms with Crippen LogP contribution in [0.4, 0.5) is 0 Å². The molecule has 2 aliphatic rings. The van der Waals surface area contributed by atoms with E-state index in [1.165, 1.54) is 0 Å². The van der Waals surface area contributed by atoms with Crippen LogP contribution in [0.25, 0.3) is 11.5 Å². The third kappa shape index (κ3) is 2.90. The van der Waals surface area contributed by atoms with Gasteiger partial charge in [-0.25, -0.2) is 8.42 Å². The number of aromatic nitrogens is 2. The van der Waals surface area contributed by atoms with E-state index in [4.69, 9.17) is 4.42 Å². The van der Waals surface area contributed by atoms with Crippen LogP contribution in [0.1, 0.15) is 35.8 Å². The number of nitrogens with zero attached hydrogens (tertiary/aromatic N) is 2. The summed E-state index contributed by atoms with van der Waals surface area (Å²) in [6.45, 7) is 0. The molecule has 2 fully saturated rings. The van der Waals surface area contributed by atoms with E-state index < -0.39 is 9.84 Å². The Kier molecular flexibility index (Phi) is 3.29. The Labute approximate surface area is 133 Å². The number of furan rings is 1. The third-order valence-electron chi connectivity index (χ3n) is 4.21. The minimum Gasteiger partial charge on any atom is -0.463 e. The molecule has 1 atom stereocenters. The first-order valence-corrected chi connectivity index (χ1v) is 9.49. The highest BCUT2D eigenvalue weighted by molar-refractivity contribution is 7.91. The molecule has 23 heavy (non-hydrogen) atoms. The van der Waals surface area contributed by atoms with Crippen molar-refractivity contribution in [3.63, 3.8) is 0 Å². The first kappa shape index (κ1) is 14.5. The minimum atomic E-state index is -3.04. The van der Waals surface area contributed by atoms with Crippen molar-refractivity contribution in [2.24, 2.45) is 0 Å². The van der Waals surface area contributed by atoms with Gasteiger partial charge in [-0.15, -0.1) is 0 Å². The van der Waals surface area contributed by atoms with Crippen LogP contribution in [0.15, 0.2) is 28.9 Å². The van der Waals surface area contributed by atoms with Gasteiger partial charge in [-0.1, -0.05) is 0 Å². The Bertz CT molecular complexity index is 834. The average molecular weight is 335 g/mol. The second-order valence-electron chi connectivity index (χ2n) is 6.14. The maximum atomic E-state index is 12.2. The molecule has 2 aromatic heterocycles. The van der Waals surface area contributed by atoms with Gasteiger partial charge in [0.25, 0.3) is 5.91 Å². The number of nitrogens with one attached hydrogen (secondary N) is 1. The number of rotatable bonds is 4. The number of hydrogen-bond donors (Lipinski definition) is 1. The van der Waals surface area contributed by atoms with Gasteiger partial charge in [0, 0.05) is 12.1 Å². The van der Waals surface area contributed by atoms with Crippen LogP contribution < -0.4 is 5.32 Å². The molecule has 0 unspecified atom stereocenters. The summed E-state index contributed by atoms with van der Waals surface area (Å²) in [6.07, 6.45) is 4.04. The molecular formula is C15H17N3O4S. The van der Waals surface area contributed by atoms with Gasteiger partial charge in [0.1, 0.15) is 5.69 Å². The van der Waals surface area contributed by atoms with E-state index >= 15 is 0 Å². The van der Waals surface area contributed by atoms with Crippen molar-refractivity contribution in [3.05, 3.63) is 30.2 Å². The van der Waals surface area contributed by atoms with E-state index in [0.717, 1.165) is 12.8 Å². The van der Waals surface area contributed by atoms with Crippen LogP contribution in [0, 0.1) is 0 Å². The molecule has 1 aliphatic heterocycles. The Morgan fingerprint density at radius 1 is 1.35 bits per heavy atom. The number of carbonyl (C=O) groups excluding carboxylic acids is 1. The molecule has 7 nitrogen and oxygen atoms in total. The van der Waals surface area contributed by atoms with Crippen molar-refractivity contribution >= 4 is 15.7 Å². The summed E-state index contributed by atoms with van der Waals surface area (Å²) in [4.78, 5) is 12.2. The lowest BCUT2D eigenvalue weighted by molar-refractivity contribution is 0.0945. The van der Waals surface area contributed by atoms with Gasteiger partial charge in [0.15, 0.2) is 21.3 Å². The predicted molar refractivity (Wildman–Crippen MR) is 82.7 cm³/mol. The Balaban J connectivity index is 1.70. The summed E-state index contributed by atoms with van der Waals surface area (Å²) in [7, 11) is -3.04. The summed E-state index contributed by atoms with van der Waals surface area (Å²) < 4.78 is 30.6. The summed E-state index contributed by atoms with van der Waals surface area (Å²) in [5.41, 5.74) is 0.936. The quantitative estimate of drug-likeness (QED) is 0.911. The second kappa shape index (κ2) is 5.23. The molecule has 8 heteroatoms. The minimum absolute atomic E-state index is 0.0477. The third-order valence-corrected chi connectivity index (χ3v) is 5.96. The smallest absolute Gasteiger partial charge is 0.272 e. The fourth-order valence-electron chi connectivity index (χ4n) is 2.85. The van der Waals surface area contributed by atoms with Gasteiger partial charge < -0.3 is 9.73 Å². The largest absolute Gasteiger partial charge is 0.463 e. The number of amides is 1. The van der Waals surface area contributed by atoms with E-state index in [-0.39, 0.29) is 29.5 Å². The van der Waals surface area contributed by atoms with E-state index in [1.807, 2.05) is 0 Å². The second-order valence-corrected chi connectivity index (χ2v) is 8.37. The zero-order valence-corrected chi connectivity index (χ0v) is 13.3. The number of hydrogen-bond acceptors (Lipinski definition) is 5. The molecule has 4 rings (SSSR count). The van der Waals surface area contributed by atoms with Crippen LogP contribution in [0.2, 0.25) is 0 Å². The molecule has 3 heterocycles. The Morgan fingerprint density at radius 2 is 2.17 bits per heavy atom. The molecule has 1 saturated carbocycles. The average Bonchev–Trinajstić information content (AvgIpc) is 2.96. The highest BCUT2D eigenvalue weighted by Crippen LogP contribution is 2.30. The maximum absolute atomic E-state index is 12.2. The van der Waals surface area contributed by atoms with Crippen molar-refractivity contribution in [2.45, 2.75) is 31.3 Å². The lowest BCUT2D eigenvalue weighted by atomic mass is 10.2. The lowest BCUT2D eigenvalue weighted by Crippen LogP contribution is -2.26. The summed E-state index contributed by atoms with van der Waals surface area (Å²) in [6, 6.07) is 5.18. The highest BCUT2D eigenvalue weighted by Gasteiger charge is 2.33. The predicted octanol–water partition coefficient (Wildman–Crippen LogP) is 1.39. The lowest BCUT2D eigenvalue weighted by Gasteiger charge is -2.11. The fraction of sp³-hybridized carbons (Fsp3) is 0.467. The molecule has 0 bridgehead atoms. The molecule has 1 amide bonds. The summed E-state index contributed by atoms with van der Waals surface area (Å²) in [5.74, 6) is 0.553. The Morgan fingerprint density at radius 3 is 2.78 bits per heavy atom. The van der Waals surface area contributed by atoms with Gasteiger partial charge >= 0.3 is 0 Å². The topological polar surface area (TPSA) is 94.2 Å². The van der Waals surface area contributed by atoms with E-state index in [0.29, 0.717) is 23.6 Å². The van der Waals surface area contributed by atoms with Crippen molar-refractivity contribution in [3.8, 4) is 11.5 Å². The highest BCUT2D eigenvalue weighted by atomic mass is 32.2. The van der Waals surface area contributed by atoms with Crippen LogP contribution in [-0.4, -0.2) is 41.7 Å². The normalized spacial score (nSPS) is 23.0. The fourth-order valence-corrected chi connectivity index (χ4v) is 4.54. The van der Waals surface area contributed by atoms with Crippen molar-refractivity contribution < 1.29 is 17.6 Å². The van der Waals surface area contributed by atoms with Gasteiger partial charge in [0.2, 0.25) is 0 Å². The molecule has 0 spiro atoms. The van der Waals surface area contributed by atoms with Gasteiger partial charge in [-0.2, -0.15) is 5.10 Å². The maximum Gasteiger partial charge on any atom is 0.272 e. The van der Waals surface area contributed by atoms with Gasteiger partial charge in [-0.05, 0) is 31.4 Å². The molecule has 122 valence electrons. The molecular weight excluding hydrogens is 318 g/mol. The van der Waals surface area contributed by atoms with Gasteiger partial charge in [-0.3, -0.25) is 9.48 Å². The number of carbonyl (C=O) groups is 1. The molecule has 1 aliphatic carbocycles.